The molecule has 1 unspecified atom stereocenters. The molecule has 0 aliphatic heterocycles. The maximum atomic E-state index is 12.2. The third-order valence-electron chi connectivity index (χ3n) is 3.12. The van der Waals surface area contributed by atoms with E-state index < -0.39 is 23.3 Å². The molecule has 2 N–H and O–H groups in total. The van der Waals surface area contributed by atoms with Crippen molar-refractivity contribution < 1.29 is 14.7 Å². The molecule has 1 heterocycles. The molecule has 6 nitrogen and oxygen atoms in total. The zero-order valence-electron chi connectivity index (χ0n) is 12.1. The molecule has 0 aliphatic carbocycles. The van der Waals surface area contributed by atoms with Gasteiger partial charge < -0.3 is 10.4 Å². The smallest absolute Gasteiger partial charge is 0.326 e. The highest BCUT2D eigenvalue weighted by molar-refractivity contribution is 5.99. The van der Waals surface area contributed by atoms with Crippen LogP contribution in [0.2, 0.25) is 0 Å². The summed E-state index contributed by atoms with van der Waals surface area (Å²) in [6, 6.07) is 3.92. The predicted octanol–water partition coefficient (Wildman–Crippen LogP) is 1.86. The third-order valence-corrected chi connectivity index (χ3v) is 3.12. The number of hydrogen-bond acceptors (Lipinski definition) is 4. The van der Waals surface area contributed by atoms with E-state index in [1.165, 1.54) is 0 Å². The van der Waals surface area contributed by atoms with Gasteiger partial charge in [0.15, 0.2) is 0 Å². The SMILES string of the molecule is CC(C)(C)C(NC(=O)c1ccc2nccnc2c1)C(=O)O. The first-order valence-electron chi connectivity index (χ1n) is 6.53. The number of nitrogens with zero attached hydrogens (tertiary/aromatic N) is 2. The van der Waals surface area contributed by atoms with E-state index in [0.717, 1.165) is 0 Å². The van der Waals surface area contributed by atoms with Crippen LogP contribution in [0.25, 0.3) is 11.0 Å². The topological polar surface area (TPSA) is 92.2 Å². The van der Waals surface area contributed by atoms with Crippen LogP contribution in [0.15, 0.2) is 30.6 Å². The lowest BCUT2D eigenvalue weighted by Crippen LogP contribution is -2.49. The number of amides is 1. The molecule has 0 spiro atoms. The Morgan fingerprint density at radius 1 is 1.14 bits per heavy atom. The molecule has 1 amide bonds. The highest BCUT2D eigenvalue weighted by Crippen LogP contribution is 2.20. The van der Waals surface area contributed by atoms with Gasteiger partial charge >= 0.3 is 5.97 Å². The quantitative estimate of drug-likeness (QED) is 0.899. The Balaban J connectivity index is 2.27. The maximum Gasteiger partial charge on any atom is 0.326 e. The first-order valence-corrected chi connectivity index (χ1v) is 6.53. The lowest BCUT2D eigenvalue weighted by molar-refractivity contribution is -0.142. The van der Waals surface area contributed by atoms with E-state index in [9.17, 15) is 14.7 Å². The number of carbonyl (C=O) groups is 2. The summed E-state index contributed by atoms with van der Waals surface area (Å²) < 4.78 is 0. The van der Waals surface area contributed by atoms with Crippen molar-refractivity contribution in [3.05, 3.63) is 36.2 Å². The van der Waals surface area contributed by atoms with Gasteiger partial charge in [0.2, 0.25) is 0 Å². The molecule has 1 aromatic carbocycles. The minimum atomic E-state index is -1.06. The normalized spacial score (nSPS) is 12.9. The van der Waals surface area contributed by atoms with Crippen molar-refractivity contribution in [1.29, 1.82) is 0 Å². The van der Waals surface area contributed by atoms with E-state index in [4.69, 9.17) is 0 Å². The van der Waals surface area contributed by atoms with Crippen molar-refractivity contribution in [2.75, 3.05) is 0 Å². The molecule has 110 valence electrons. The number of benzene rings is 1. The second-order valence-corrected chi connectivity index (χ2v) is 5.87. The molecule has 0 saturated carbocycles. The molecule has 0 saturated heterocycles. The molecule has 0 bridgehead atoms. The van der Waals surface area contributed by atoms with Crippen molar-refractivity contribution in [3.8, 4) is 0 Å². The summed E-state index contributed by atoms with van der Waals surface area (Å²) in [6.07, 6.45) is 3.11. The van der Waals surface area contributed by atoms with E-state index in [1.807, 2.05) is 0 Å². The van der Waals surface area contributed by atoms with Crippen molar-refractivity contribution in [2.24, 2.45) is 5.41 Å². The Hall–Kier alpha value is -2.50. The maximum absolute atomic E-state index is 12.2. The van der Waals surface area contributed by atoms with E-state index in [1.54, 1.807) is 51.4 Å². The summed E-state index contributed by atoms with van der Waals surface area (Å²) in [5.41, 5.74) is 1.05. The average Bonchev–Trinajstić information content (AvgIpc) is 2.42. The van der Waals surface area contributed by atoms with Crippen LogP contribution >= 0.6 is 0 Å². The van der Waals surface area contributed by atoms with Crippen molar-refractivity contribution in [2.45, 2.75) is 26.8 Å². The van der Waals surface area contributed by atoms with Crippen molar-refractivity contribution in [1.82, 2.24) is 15.3 Å². The summed E-state index contributed by atoms with van der Waals surface area (Å²) in [5, 5.41) is 11.8. The highest BCUT2D eigenvalue weighted by Gasteiger charge is 2.32. The first kappa shape index (κ1) is 14.9. The van der Waals surface area contributed by atoms with Gasteiger partial charge in [-0.15, -0.1) is 0 Å². The number of nitrogens with one attached hydrogen (secondary N) is 1. The number of carbonyl (C=O) groups excluding carboxylic acids is 1. The second kappa shape index (κ2) is 5.47. The Kier molecular flexibility index (Phi) is 3.88. The standard InChI is InChI=1S/C15H17N3O3/c1-15(2,3)12(14(20)21)18-13(19)9-4-5-10-11(8-9)17-7-6-16-10/h4-8,12H,1-3H3,(H,18,19)(H,20,21). The molecule has 6 heteroatoms. The van der Waals surface area contributed by atoms with Gasteiger partial charge in [0.1, 0.15) is 6.04 Å². The average molecular weight is 287 g/mol. The second-order valence-electron chi connectivity index (χ2n) is 5.87. The fourth-order valence-corrected chi connectivity index (χ4v) is 1.97. The molecule has 2 rings (SSSR count). The monoisotopic (exact) mass is 287 g/mol. The van der Waals surface area contributed by atoms with E-state index in [-0.39, 0.29) is 0 Å². The van der Waals surface area contributed by atoms with Gasteiger partial charge in [-0.05, 0) is 23.6 Å². The van der Waals surface area contributed by atoms with Crippen molar-refractivity contribution >= 4 is 22.9 Å². The highest BCUT2D eigenvalue weighted by atomic mass is 16.4. The van der Waals surface area contributed by atoms with Crippen LogP contribution in [0.4, 0.5) is 0 Å². The molecule has 21 heavy (non-hydrogen) atoms. The number of aliphatic carboxylic acids is 1. The first-order chi connectivity index (χ1) is 9.79. The minimum absolute atomic E-state index is 0.360. The number of rotatable bonds is 3. The van der Waals surface area contributed by atoms with Crippen LogP contribution in [0.5, 0.6) is 0 Å². The largest absolute Gasteiger partial charge is 0.480 e. The number of aromatic nitrogens is 2. The van der Waals surface area contributed by atoms with Gasteiger partial charge in [0, 0.05) is 18.0 Å². The van der Waals surface area contributed by atoms with Crippen molar-refractivity contribution in [3.63, 3.8) is 0 Å². The van der Waals surface area contributed by atoms with Gasteiger partial charge in [-0.1, -0.05) is 20.8 Å². The summed E-state index contributed by atoms with van der Waals surface area (Å²) in [5.74, 6) is -1.50. The summed E-state index contributed by atoms with van der Waals surface area (Å²) >= 11 is 0. The predicted molar refractivity (Wildman–Crippen MR) is 77.9 cm³/mol. The summed E-state index contributed by atoms with van der Waals surface area (Å²) in [7, 11) is 0. The van der Waals surface area contributed by atoms with Gasteiger partial charge in [0.05, 0.1) is 11.0 Å². The van der Waals surface area contributed by atoms with Crippen LogP contribution in [0, 0.1) is 5.41 Å². The van der Waals surface area contributed by atoms with E-state index in [2.05, 4.69) is 15.3 Å². The van der Waals surface area contributed by atoms with Gasteiger partial charge in [-0.25, -0.2) is 4.79 Å². The fraction of sp³-hybridized carbons (Fsp3) is 0.333. The van der Waals surface area contributed by atoms with Crippen LogP contribution in [-0.4, -0.2) is 33.0 Å². The zero-order chi connectivity index (χ0) is 15.6. The molecule has 2 aromatic rings. The van der Waals surface area contributed by atoms with Crippen LogP contribution in [0.3, 0.4) is 0 Å². The molecular formula is C15H17N3O3. The summed E-state index contributed by atoms with van der Waals surface area (Å²) in [4.78, 5) is 31.8. The van der Waals surface area contributed by atoms with Crippen LogP contribution in [-0.2, 0) is 4.79 Å². The molecule has 0 fully saturated rings. The molecular weight excluding hydrogens is 270 g/mol. The summed E-state index contributed by atoms with van der Waals surface area (Å²) in [6.45, 7) is 5.29. The Morgan fingerprint density at radius 2 is 1.76 bits per heavy atom. The van der Waals surface area contributed by atoms with Crippen LogP contribution in [0.1, 0.15) is 31.1 Å². The van der Waals surface area contributed by atoms with E-state index in [0.29, 0.717) is 16.6 Å². The van der Waals surface area contributed by atoms with Gasteiger partial charge in [-0.2, -0.15) is 0 Å². The van der Waals surface area contributed by atoms with Gasteiger partial charge in [0.25, 0.3) is 5.91 Å². The van der Waals surface area contributed by atoms with Crippen LogP contribution < -0.4 is 5.32 Å². The number of hydrogen-bond donors (Lipinski definition) is 2. The lowest BCUT2D eigenvalue weighted by Gasteiger charge is -2.27. The Morgan fingerprint density at radius 3 is 2.33 bits per heavy atom. The zero-order valence-corrected chi connectivity index (χ0v) is 12.1. The molecule has 0 radical (unpaired) electrons. The minimum Gasteiger partial charge on any atom is -0.480 e. The third kappa shape index (κ3) is 3.34. The number of carboxylic acid groups (broad SMARTS) is 1. The molecule has 0 aliphatic rings. The molecule has 1 atom stereocenters. The fourth-order valence-electron chi connectivity index (χ4n) is 1.97. The Bertz CT molecular complexity index is 692. The van der Waals surface area contributed by atoms with E-state index >= 15 is 0 Å². The number of fused-ring (bicyclic) bond motifs is 1. The number of carboxylic acids is 1. The lowest BCUT2D eigenvalue weighted by atomic mass is 9.86. The van der Waals surface area contributed by atoms with Gasteiger partial charge in [-0.3, -0.25) is 14.8 Å². The Labute approximate surface area is 122 Å². The molecule has 1 aromatic heterocycles.